The summed E-state index contributed by atoms with van der Waals surface area (Å²) in [7, 11) is 0. The topological polar surface area (TPSA) is 12.4 Å². The Morgan fingerprint density at radius 1 is 1.27 bits per heavy atom. The first-order valence-electron chi connectivity index (χ1n) is 5.91. The van der Waals surface area contributed by atoms with Gasteiger partial charge in [0, 0.05) is 5.71 Å². The van der Waals surface area contributed by atoms with Gasteiger partial charge in [-0.2, -0.15) is 0 Å². The first-order valence-corrected chi connectivity index (χ1v) is 5.91. The van der Waals surface area contributed by atoms with Crippen molar-refractivity contribution in [2.45, 2.75) is 39.2 Å². The number of aliphatic imine (C=N–C) groups is 1. The van der Waals surface area contributed by atoms with Gasteiger partial charge in [-0.25, -0.2) is 0 Å². The standard InChI is InChI=1S/C14H19N/c1-12-6-5-9-14(10-12)15-11-13-7-3-2-4-8-13/h2-4,7-8,12H,5-6,9-11H2,1H3. The van der Waals surface area contributed by atoms with Gasteiger partial charge in [-0.05, 0) is 37.2 Å². The van der Waals surface area contributed by atoms with Crippen molar-refractivity contribution in [3.05, 3.63) is 35.9 Å². The average molecular weight is 201 g/mol. The third-order valence-corrected chi connectivity index (χ3v) is 3.07. The van der Waals surface area contributed by atoms with E-state index in [1.807, 2.05) is 0 Å². The normalized spacial score (nSPS) is 24.3. The van der Waals surface area contributed by atoms with E-state index in [1.165, 1.54) is 37.0 Å². The van der Waals surface area contributed by atoms with Crippen molar-refractivity contribution in [2.75, 3.05) is 0 Å². The minimum Gasteiger partial charge on any atom is -0.289 e. The second-order valence-electron chi connectivity index (χ2n) is 4.57. The van der Waals surface area contributed by atoms with Gasteiger partial charge in [0.2, 0.25) is 0 Å². The molecule has 1 nitrogen and oxygen atoms in total. The molecule has 1 heteroatoms. The predicted molar refractivity (Wildman–Crippen MR) is 65.2 cm³/mol. The Hall–Kier alpha value is -1.11. The summed E-state index contributed by atoms with van der Waals surface area (Å²) in [5.74, 6) is 0.841. The maximum atomic E-state index is 4.72. The van der Waals surface area contributed by atoms with Crippen molar-refractivity contribution < 1.29 is 0 Å². The number of nitrogens with zero attached hydrogens (tertiary/aromatic N) is 1. The summed E-state index contributed by atoms with van der Waals surface area (Å²) in [5, 5.41) is 0. The zero-order chi connectivity index (χ0) is 10.5. The van der Waals surface area contributed by atoms with Crippen LogP contribution in [0, 0.1) is 5.92 Å². The van der Waals surface area contributed by atoms with E-state index in [-0.39, 0.29) is 0 Å². The summed E-state index contributed by atoms with van der Waals surface area (Å²) in [6, 6.07) is 10.5. The van der Waals surface area contributed by atoms with E-state index in [4.69, 9.17) is 4.99 Å². The van der Waals surface area contributed by atoms with Gasteiger partial charge in [-0.1, -0.05) is 37.3 Å². The second-order valence-corrected chi connectivity index (χ2v) is 4.57. The fraction of sp³-hybridized carbons (Fsp3) is 0.500. The Bertz CT molecular complexity index is 326. The molecule has 0 radical (unpaired) electrons. The van der Waals surface area contributed by atoms with Crippen LogP contribution in [-0.2, 0) is 6.54 Å². The lowest BCUT2D eigenvalue weighted by Gasteiger charge is -2.19. The van der Waals surface area contributed by atoms with E-state index in [0.717, 1.165) is 12.5 Å². The Kier molecular flexibility index (Phi) is 3.54. The van der Waals surface area contributed by atoms with Crippen molar-refractivity contribution in [1.82, 2.24) is 0 Å². The van der Waals surface area contributed by atoms with Crippen LogP contribution in [0.5, 0.6) is 0 Å². The molecule has 1 unspecified atom stereocenters. The van der Waals surface area contributed by atoms with E-state index in [1.54, 1.807) is 0 Å². The zero-order valence-corrected chi connectivity index (χ0v) is 9.45. The second kappa shape index (κ2) is 5.11. The van der Waals surface area contributed by atoms with Crippen molar-refractivity contribution in [3.8, 4) is 0 Å². The molecule has 1 atom stereocenters. The van der Waals surface area contributed by atoms with Crippen molar-refractivity contribution >= 4 is 5.71 Å². The summed E-state index contributed by atoms with van der Waals surface area (Å²) in [5.41, 5.74) is 2.75. The molecule has 0 aromatic heterocycles. The Morgan fingerprint density at radius 2 is 2.07 bits per heavy atom. The van der Waals surface area contributed by atoms with Gasteiger partial charge in [0.15, 0.2) is 0 Å². The van der Waals surface area contributed by atoms with Gasteiger partial charge in [-0.3, -0.25) is 4.99 Å². The Balaban J connectivity index is 1.93. The maximum absolute atomic E-state index is 4.72. The Morgan fingerprint density at radius 3 is 2.80 bits per heavy atom. The van der Waals surface area contributed by atoms with Gasteiger partial charge in [0.25, 0.3) is 0 Å². The first kappa shape index (κ1) is 10.4. The molecule has 1 aromatic carbocycles. The fourth-order valence-electron chi connectivity index (χ4n) is 2.19. The summed E-state index contributed by atoms with van der Waals surface area (Å²) >= 11 is 0. The largest absolute Gasteiger partial charge is 0.289 e. The molecule has 80 valence electrons. The summed E-state index contributed by atoms with van der Waals surface area (Å²) in [6.45, 7) is 3.19. The maximum Gasteiger partial charge on any atom is 0.0639 e. The Labute approximate surface area is 92.2 Å². The first-order chi connectivity index (χ1) is 7.34. The molecule has 2 rings (SSSR count). The predicted octanol–water partition coefficient (Wildman–Crippen LogP) is 3.84. The smallest absolute Gasteiger partial charge is 0.0639 e. The van der Waals surface area contributed by atoms with Crippen molar-refractivity contribution in [3.63, 3.8) is 0 Å². The van der Waals surface area contributed by atoms with Crippen LogP contribution in [0.2, 0.25) is 0 Å². The zero-order valence-electron chi connectivity index (χ0n) is 9.45. The molecule has 1 aliphatic carbocycles. The summed E-state index contributed by atoms with van der Waals surface area (Å²) in [6.07, 6.45) is 5.14. The molecule has 1 fully saturated rings. The molecule has 0 heterocycles. The third kappa shape index (κ3) is 3.19. The third-order valence-electron chi connectivity index (χ3n) is 3.07. The molecule has 1 aliphatic rings. The molecule has 1 saturated carbocycles. The van der Waals surface area contributed by atoms with E-state index in [2.05, 4.69) is 37.3 Å². The van der Waals surface area contributed by atoms with Crippen LogP contribution in [-0.4, -0.2) is 5.71 Å². The summed E-state index contributed by atoms with van der Waals surface area (Å²) in [4.78, 5) is 4.72. The van der Waals surface area contributed by atoms with E-state index < -0.39 is 0 Å². The van der Waals surface area contributed by atoms with E-state index >= 15 is 0 Å². The van der Waals surface area contributed by atoms with Crippen LogP contribution in [0.1, 0.15) is 38.2 Å². The van der Waals surface area contributed by atoms with Crippen LogP contribution in [0.15, 0.2) is 35.3 Å². The summed E-state index contributed by atoms with van der Waals surface area (Å²) < 4.78 is 0. The molecule has 1 aromatic rings. The lowest BCUT2D eigenvalue weighted by atomic mass is 9.89. The highest BCUT2D eigenvalue weighted by molar-refractivity contribution is 5.85. The van der Waals surface area contributed by atoms with Crippen LogP contribution in [0.25, 0.3) is 0 Å². The quantitative estimate of drug-likeness (QED) is 0.689. The van der Waals surface area contributed by atoms with Crippen LogP contribution >= 0.6 is 0 Å². The van der Waals surface area contributed by atoms with Crippen LogP contribution in [0.3, 0.4) is 0 Å². The van der Waals surface area contributed by atoms with Gasteiger partial charge < -0.3 is 0 Å². The average Bonchev–Trinajstić information content (AvgIpc) is 2.28. The molecule has 0 amide bonds. The SMILES string of the molecule is CC1CCCC(=NCc2ccccc2)C1. The lowest BCUT2D eigenvalue weighted by Crippen LogP contribution is -2.12. The monoisotopic (exact) mass is 201 g/mol. The van der Waals surface area contributed by atoms with Gasteiger partial charge >= 0.3 is 0 Å². The highest BCUT2D eigenvalue weighted by Crippen LogP contribution is 2.21. The van der Waals surface area contributed by atoms with Crippen LogP contribution < -0.4 is 0 Å². The van der Waals surface area contributed by atoms with E-state index in [9.17, 15) is 0 Å². The van der Waals surface area contributed by atoms with E-state index in [0.29, 0.717) is 0 Å². The number of hydrogen-bond acceptors (Lipinski definition) is 1. The van der Waals surface area contributed by atoms with Crippen LogP contribution in [0.4, 0.5) is 0 Å². The highest BCUT2D eigenvalue weighted by Gasteiger charge is 2.13. The van der Waals surface area contributed by atoms with Gasteiger partial charge in [-0.15, -0.1) is 0 Å². The number of rotatable bonds is 2. The molecular formula is C14H19N. The van der Waals surface area contributed by atoms with Gasteiger partial charge in [0.05, 0.1) is 6.54 Å². The minimum atomic E-state index is 0.841. The number of hydrogen-bond donors (Lipinski definition) is 0. The molecule has 15 heavy (non-hydrogen) atoms. The molecular weight excluding hydrogens is 182 g/mol. The highest BCUT2D eigenvalue weighted by atomic mass is 14.7. The molecule has 0 aliphatic heterocycles. The lowest BCUT2D eigenvalue weighted by molar-refractivity contribution is 0.499. The number of benzene rings is 1. The molecule has 0 bridgehead atoms. The molecule has 0 N–H and O–H groups in total. The van der Waals surface area contributed by atoms with Crippen molar-refractivity contribution in [2.24, 2.45) is 10.9 Å². The molecule has 0 saturated heterocycles. The van der Waals surface area contributed by atoms with Gasteiger partial charge in [0.1, 0.15) is 0 Å². The minimum absolute atomic E-state index is 0.841. The fourth-order valence-corrected chi connectivity index (χ4v) is 2.19. The molecule has 0 spiro atoms. The van der Waals surface area contributed by atoms with Crippen molar-refractivity contribution in [1.29, 1.82) is 0 Å².